The predicted octanol–water partition coefficient (Wildman–Crippen LogP) is -0.354. The van der Waals surface area contributed by atoms with E-state index in [0.29, 0.717) is 6.54 Å². The lowest BCUT2D eigenvalue weighted by Gasteiger charge is -2.33. The van der Waals surface area contributed by atoms with Gasteiger partial charge in [-0.3, -0.25) is 9.69 Å². The van der Waals surface area contributed by atoms with Gasteiger partial charge < -0.3 is 10.0 Å². The third-order valence-electron chi connectivity index (χ3n) is 2.06. The zero-order valence-corrected chi connectivity index (χ0v) is 7.83. The highest BCUT2D eigenvalue weighted by Crippen LogP contribution is 2.03. The van der Waals surface area contributed by atoms with E-state index in [1.165, 1.54) is 0 Å². The van der Waals surface area contributed by atoms with Crippen molar-refractivity contribution in [2.24, 2.45) is 0 Å². The number of hydrogen-bond acceptors (Lipinski definition) is 3. The van der Waals surface area contributed by atoms with Crippen LogP contribution in [-0.4, -0.2) is 59.5 Å². The van der Waals surface area contributed by atoms with E-state index >= 15 is 0 Å². The molecule has 70 valence electrons. The highest BCUT2D eigenvalue weighted by atomic mass is 32.1. The van der Waals surface area contributed by atoms with Gasteiger partial charge in [0.1, 0.15) is 0 Å². The molecule has 5 heteroatoms. The van der Waals surface area contributed by atoms with Crippen LogP contribution in [0.2, 0.25) is 0 Å². The quantitative estimate of drug-likeness (QED) is 0.585. The van der Waals surface area contributed by atoms with E-state index in [1.54, 1.807) is 4.90 Å². The van der Waals surface area contributed by atoms with Crippen molar-refractivity contribution >= 4 is 17.9 Å². The Morgan fingerprint density at radius 3 is 2.33 bits per heavy atom. The maximum absolute atomic E-state index is 10.8. The lowest BCUT2D eigenvalue weighted by Crippen LogP contribution is -2.47. The predicted molar refractivity (Wildman–Crippen MR) is 49.5 cm³/mol. The first-order chi connectivity index (χ1) is 5.74. The number of hydrogen-bond donors (Lipinski definition) is 2. The molecule has 1 amide bonds. The van der Waals surface area contributed by atoms with Gasteiger partial charge in [-0.05, 0) is 0 Å². The summed E-state index contributed by atoms with van der Waals surface area (Å²) in [5.41, 5.74) is 0. The molecule has 1 aliphatic heterocycles. The van der Waals surface area contributed by atoms with E-state index in [-0.39, 0.29) is 11.8 Å². The van der Waals surface area contributed by atoms with Gasteiger partial charge in [0.25, 0.3) is 5.24 Å². The fraction of sp³-hybridized carbons (Fsp3) is 0.857. The lowest BCUT2D eigenvalue weighted by atomic mass is 10.3. The van der Waals surface area contributed by atoms with E-state index in [2.05, 4.69) is 17.5 Å². The molecule has 1 heterocycles. The Kier molecular flexibility index (Phi) is 3.84. The number of carbonyl (C=O) groups is 1. The molecule has 0 saturated carbocycles. The van der Waals surface area contributed by atoms with Gasteiger partial charge >= 0.3 is 0 Å². The average molecular weight is 190 g/mol. The van der Waals surface area contributed by atoms with Crippen LogP contribution in [0.25, 0.3) is 0 Å². The molecule has 0 bridgehead atoms. The maximum Gasteiger partial charge on any atom is 0.278 e. The summed E-state index contributed by atoms with van der Waals surface area (Å²) in [5, 5.41) is 8.50. The van der Waals surface area contributed by atoms with Crippen molar-refractivity contribution < 1.29 is 9.90 Å². The number of nitrogens with zero attached hydrogens (tertiary/aromatic N) is 2. The molecule has 0 unspecified atom stereocenters. The van der Waals surface area contributed by atoms with E-state index in [9.17, 15) is 4.79 Å². The summed E-state index contributed by atoms with van der Waals surface area (Å²) in [4.78, 5) is 14.6. The van der Waals surface area contributed by atoms with Crippen molar-refractivity contribution in [2.75, 3.05) is 39.3 Å². The minimum Gasteiger partial charge on any atom is -0.395 e. The van der Waals surface area contributed by atoms with Crippen molar-refractivity contribution in [1.29, 1.82) is 0 Å². The standard InChI is InChI=1S/C7H14N2O2S/c10-6-5-8-1-3-9(4-2-8)7(11)12/h10H,1-6H2,(H,11,12). The van der Waals surface area contributed by atoms with E-state index < -0.39 is 0 Å². The molecule has 1 N–H and O–H groups in total. The van der Waals surface area contributed by atoms with Crippen LogP contribution in [-0.2, 0) is 0 Å². The molecule has 12 heavy (non-hydrogen) atoms. The summed E-state index contributed by atoms with van der Waals surface area (Å²) in [7, 11) is 0. The Morgan fingerprint density at radius 2 is 1.92 bits per heavy atom. The minimum absolute atomic E-state index is 0.154. The number of amides is 1. The molecule has 0 radical (unpaired) electrons. The molecule has 0 aromatic carbocycles. The molecule has 1 aliphatic rings. The van der Waals surface area contributed by atoms with Crippen LogP contribution < -0.4 is 0 Å². The Labute approximate surface area is 77.6 Å². The fourth-order valence-electron chi connectivity index (χ4n) is 1.30. The Morgan fingerprint density at radius 1 is 1.33 bits per heavy atom. The first kappa shape index (κ1) is 9.83. The molecule has 1 rings (SSSR count). The van der Waals surface area contributed by atoms with Crippen LogP contribution >= 0.6 is 12.6 Å². The summed E-state index contributed by atoms with van der Waals surface area (Å²) in [6, 6.07) is 0. The number of piperazine rings is 1. The van der Waals surface area contributed by atoms with Gasteiger partial charge in [0.2, 0.25) is 0 Å². The average Bonchev–Trinajstić information content (AvgIpc) is 2.06. The summed E-state index contributed by atoms with van der Waals surface area (Å²) < 4.78 is 0. The first-order valence-electron chi connectivity index (χ1n) is 4.05. The van der Waals surface area contributed by atoms with Crippen molar-refractivity contribution in [3.05, 3.63) is 0 Å². The second kappa shape index (κ2) is 4.69. The molecule has 1 saturated heterocycles. The topological polar surface area (TPSA) is 43.8 Å². The van der Waals surface area contributed by atoms with Gasteiger partial charge in [-0.25, -0.2) is 0 Å². The molecule has 0 spiro atoms. The minimum atomic E-state index is -0.154. The number of β-amino-alcohol motifs (C(OH)–C–C–N with tert-alkyl or cyclic N) is 1. The summed E-state index contributed by atoms with van der Waals surface area (Å²) >= 11 is 3.74. The van der Waals surface area contributed by atoms with E-state index in [0.717, 1.165) is 26.2 Å². The Bertz CT molecular complexity index is 157. The number of aliphatic hydroxyl groups is 1. The molecule has 1 fully saturated rings. The molecular formula is C7H14N2O2S. The van der Waals surface area contributed by atoms with Crippen LogP contribution in [0.4, 0.5) is 4.79 Å². The largest absolute Gasteiger partial charge is 0.395 e. The Hall–Kier alpha value is -0.260. The van der Waals surface area contributed by atoms with Gasteiger partial charge in [0.15, 0.2) is 0 Å². The number of rotatable bonds is 2. The number of carbonyl (C=O) groups excluding carboxylic acids is 1. The summed E-state index contributed by atoms with van der Waals surface area (Å²) in [5.74, 6) is 0. The normalized spacial score (nSPS) is 19.7. The molecular weight excluding hydrogens is 176 g/mol. The molecule has 0 aromatic rings. The smallest absolute Gasteiger partial charge is 0.278 e. The van der Waals surface area contributed by atoms with Crippen molar-refractivity contribution in [2.45, 2.75) is 0 Å². The highest BCUT2D eigenvalue weighted by Gasteiger charge is 2.17. The summed E-state index contributed by atoms with van der Waals surface area (Å²) in [6.45, 7) is 4.02. The van der Waals surface area contributed by atoms with Crippen LogP contribution in [0.5, 0.6) is 0 Å². The van der Waals surface area contributed by atoms with Gasteiger partial charge in [-0.2, -0.15) is 0 Å². The SMILES string of the molecule is O=C(S)N1CCN(CCO)CC1. The van der Waals surface area contributed by atoms with Crippen LogP contribution in [0.15, 0.2) is 0 Å². The van der Waals surface area contributed by atoms with Crippen LogP contribution in [0, 0.1) is 0 Å². The second-order valence-electron chi connectivity index (χ2n) is 2.83. The van der Waals surface area contributed by atoms with Crippen molar-refractivity contribution in [3.8, 4) is 0 Å². The fourth-order valence-corrected chi connectivity index (χ4v) is 1.50. The van der Waals surface area contributed by atoms with Gasteiger partial charge in [-0.1, -0.05) is 12.6 Å². The number of thiol groups is 1. The van der Waals surface area contributed by atoms with Gasteiger partial charge in [0.05, 0.1) is 6.61 Å². The van der Waals surface area contributed by atoms with Crippen molar-refractivity contribution in [1.82, 2.24) is 9.80 Å². The molecule has 0 aromatic heterocycles. The second-order valence-corrected chi connectivity index (χ2v) is 3.22. The van der Waals surface area contributed by atoms with E-state index in [4.69, 9.17) is 5.11 Å². The first-order valence-corrected chi connectivity index (χ1v) is 4.50. The summed E-state index contributed by atoms with van der Waals surface area (Å²) in [6.07, 6.45) is 0. The highest BCUT2D eigenvalue weighted by molar-refractivity contribution is 7.96. The van der Waals surface area contributed by atoms with Gasteiger partial charge in [-0.15, -0.1) is 0 Å². The van der Waals surface area contributed by atoms with E-state index in [1.807, 2.05) is 0 Å². The maximum atomic E-state index is 10.8. The van der Waals surface area contributed by atoms with Crippen LogP contribution in [0.1, 0.15) is 0 Å². The lowest BCUT2D eigenvalue weighted by molar-refractivity contribution is 0.132. The Balaban J connectivity index is 2.25. The zero-order chi connectivity index (χ0) is 8.97. The van der Waals surface area contributed by atoms with Gasteiger partial charge in [0, 0.05) is 32.7 Å². The number of aliphatic hydroxyl groups excluding tert-OH is 1. The monoisotopic (exact) mass is 190 g/mol. The molecule has 0 aliphatic carbocycles. The zero-order valence-electron chi connectivity index (χ0n) is 6.94. The molecule has 0 atom stereocenters. The third kappa shape index (κ3) is 2.66. The molecule has 4 nitrogen and oxygen atoms in total. The van der Waals surface area contributed by atoms with Crippen molar-refractivity contribution in [3.63, 3.8) is 0 Å². The third-order valence-corrected chi connectivity index (χ3v) is 2.34. The van der Waals surface area contributed by atoms with Crippen LogP contribution in [0.3, 0.4) is 0 Å².